The largest absolute Gasteiger partial charge is 0.411 e. The summed E-state index contributed by atoms with van der Waals surface area (Å²) in [5, 5.41) is 12.5. The number of rotatable bonds is 3. The zero-order valence-corrected chi connectivity index (χ0v) is 10.8. The van der Waals surface area contributed by atoms with Gasteiger partial charge in [0.1, 0.15) is 5.82 Å². The summed E-state index contributed by atoms with van der Waals surface area (Å²) in [6.45, 7) is 4.34. The summed E-state index contributed by atoms with van der Waals surface area (Å²) < 4.78 is 13.0. The fourth-order valence-electron chi connectivity index (χ4n) is 2.51. The molecule has 18 heavy (non-hydrogen) atoms. The maximum absolute atomic E-state index is 13.0. The van der Waals surface area contributed by atoms with Crippen molar-refractivity contribution < 1.29 is 9.60 Å². The van der Waals surface area contributed by atoms with Crippen molar-refractivity contribution in [1.29, 1.82) is 0 Å². The number of hydrogen-bond acceptors (Lipinski definition) is 2. The minimum Gasteiger partial charge on any atom is -0.411 e. The van der Waals surface area contributed by atoms with E-state index >= 15 is 0 Å². The van der Waals surface area contributed by atoms with Crippen LogP contribution in [-0.4, -0.2) is 10.9 Å². The van der Waals surface area contributed by atoms with Gasteiger partial charge in [-0.15, -0.1) is 0 Å². The van der Waals surface area contributed by atoms with Gasteiger partial charge >= 0.3 is 0 Å². The van der Waals surface area contributed by atoms with Crippen molar-refractivity contribution in [3.63, 3.8) is 0 Å². The van der Waals surface area contributed by atoms with E-state index in [2.05, 4.69) is 19.0 Å². The Morgan fingerprint density at radius 3 is 2.44 bits per heavy atom. The summed E-state index contributed by atoms with van der Waals surface area (Å²) in [4.78, 5) is 0. The molecular weight excluding hydrogens is 229 g/mol. The summed E-state index contributed by atoms with van der Waals surface area (Å²) in [7, 11) is 0. The van der Waals surface area contributed by atoms with Crippen LogP contribution < -0.4 is 0 Å². The number of halogens is 1. The Morgan fingerprint density at radius 1 is 1.22 bits per heavy atom. The van der Waals surface area contributed by atoms with Gasteiger partial charge in [0.2, 0.25) is 0 Å². The van der Waals surface area contributed by atoms with Gasteiger partial charge in [-0.1, -0.05) is 36.7 Å². The van der Waals surface area contributed by atoms with Crippen molar-refractivity contribution in [1.82, 2.24) is 0 Å². The molecule has 2 nitrogen and oxygen atoms in total. The number of benzene rings is 1. The second-order valence-electron chi connectivity index (χ2n) is 5.13. The Bertz CT molecular complexity index is 486. The van der Waals surface area contributed by atoms with Gasteiger partial charge < -0.3 is 5.21 Å². The molecule has 0 amide bonds. The van der Waals surface area contributed by atoms with Crippen molar-refractivity contribution in [2.45, 2.75) is 33.1 Å². The number of oxime groups is 1. The van der Waals surface area contributed by atoms with Crippen molar-refractivity contribution in [2.24, 2.45) is 11.1 Å². The van der Waals surface area contributed by atoms with Crippen LogP contribution in [-0.2, 0) is 0 Å². The third-order valence-electron chi connectivity index (χ3n) is 3.21. The van der Waals surface area contributed by atoms with Gasteiger partial charge in [-0.05, 0) is 42.9 Å². The maximum atomic E-state index is 13.0. The summed E-state index contributed by atoms with van der Waals surface area (Å²) in [5.41, 5.74) is 3.98. The Hall–Kier alpha value is -1.64. The molecule has 0 saturated heterocycles. The van der Waals surface area contributed by atoms with Gasteiger partial charge in [0.05, 0.1) is 5.71 Å². The molecule has 0 radical (unpaired) electrons. The second kappa shape index (κ2) is 5.34. The molecule has 0 fully saturated rings. The molecule has 0 aromatic heterocycles. The average Bonchev–Trinajstić information content (AvgIpc) is 2.72. The minimum atomic E-state index is -0.245. The number of nitrogens with zero attached hydrogens (tertiary/aromatic N) is 1. The van der Waals surface area contributed by atoms with E-state index in [0.717, 1.165) is 36.1 Å². The predicted octanol–water partition coefficient (Wildman–Crippen LogP) is 4.25. The van der Waals surface area contributed by atoms with Crippen LogP contribution in [0.1, 0.15) is 38.7 Å². The van der Waals surface area contributed by atoms with E-state index in [1.807, 2.05) is 0 Å². The fourth-order valence-corrected chi connectivity index (χ4v) is 2.51. The first-order valence-electron chi connectivity index (χ1n) is 6.31. The van der Waals surface area contributed by atoms with Crippen molar-refractivity contribution in [3.05, 3.63) is 41.2 Å². The van der Waals surface area contributed by atoms with Crippen LogP contribution in [0.2, 0.25) is 0 Å². The van der Waals surface area contributed by atoms with Crippen molar-refractivity contribution >= 4 is 11.3 Å². The van der Waals surface area contributed by atoms with Gasteiger partial charge in [0, 0.05) is 5.57 Å². The first-order valence-corrected chi connectivity index (χ1v) is 6.31. The molecule has 1 aromatic carbocycles. The number of hydrogen-bond donors (Lipinski definition) is 1. The van der Waals surface area contributed by atoms with Crippen molar-refractivity contribution in [3.8, 4) is 0 Å². The first-order chi connectivity index (χ1) is 8.61. The van der Waals surface area contributed by atoms with E-state index in [9.17, 15) is 4.39 Å². The van der Waals surface area contributed by atoms with E-state index in [0.29, 0.717) is 5.92 Å². The summed E-state index contributed by atoms with van der Waals surface area (Å²) in [6, 6.07) is 6.40. The van der Waals surface area contributed by atoms with Crippen LogP contribution in [0.15, 0.2) is 35.0 Å². The lowest BCUT2D eigenvalue weighted by molar-refractivity contribution is 0.319. The van der Waals surface area contributed by atoms with E-state index < -0.39 is 0 Å². The zero-order chi connectivity index (χ0) is 13.1. The van der Waals surface area contributed by atoms with E-state index in [1.54, 1.807) is 12.1 Å². The summed E-state index contributed by atoms with van der Waals surface area (Å²) in [6.07, 6.45) is 2.70. The highest BCUT2D eigenvalue weighted by Gasteiger charge is 2.23. The molecule has 1 aliphatic rings. The lowest BCUT2D eigenvalue weighted by atomic mass is 9.95. The molecule has 0 aliphatic heterocycles. The minimum absolute atomic E-state index is 0.245. The average molecular weight is 247 g/mol. The predicted molar refractivity (Wildman–Crippen MR) is 71.2 cm³/mol. The quantitative estimate of drug-likeness (QED) is 0.628. The second-order valence-corrected chi connectivity index (χ2v) is 5.13. The molecule has 0 heterocycles. The molecule has 1 aromatic rings. The topological polar surface area (TPSA) is 32.6 Å². The van der Waals surface area contributed by atoms with Crippen LogP contribution >= 0.6 is 0 Å². The summed E-state index contributed by atoms with van der Waals surface area (Å²) >= 11 is 0. The molecule has 1 aliphatic carbocycles. The zero-order valence-electron chi connectivity index (χ0n) is 10.8. The Balaban J connectivity index is 2.43. The van der Waals surface area contributed by atoms with Gasteiger partial charge in [-0.3, -0.25) is 0 Å². The van der Waals surface area contributed by atoms with Gasteiger partial charge in [-0.2, -0.15) is 0 Å². The highest BCUT2D eigenvalue weighted by Crippen LogP contribution is 2.35. The normalized spacial score (nSPS) is 18.1. The van der Waals surface area contributed by atoms with E-state index in [1.165, 1.54) is 17.7 Å². The monoisotopic (exact) mass is 247 g/mol. The highest BCUT2D eigenvalue weighted by molar-refractivity contribution is 6.26. The van der Waals surface area contributed by atoms with E-state index in [4.69, 9.17) is 5.21 Å². The fraction of sp³-hybridized carbons (Fsp3) is 0.400. The summed E-state index contributed by atoms with van der Waals surface area (Å²) in [5.74, 6) is 0.318. The van der Waals surface area contributed by atoms with E-state index in [-0.39, 0.29) is 5.82 Å². The van der Waals surface area contributed by atoms with Crippen LogP contribution in [0.4, 0.5) is 4.39 Å². The molecule has 0 saturated carbocycles. The number of allylic oxidation sites excluding steroid dienone is 2. The Morgan fingerprint density at radius 2 is 1.89 bits per heavy atom. The third kappa shape index (κ3) is 2.61. The van der Waals surface area contributed by atoms with Crippen molar-refractivity contribution in [2.75, 3.05) is 0 Å². The Labute approximate surface area is 107 Å². The van der Waals surface area contributed by atoms with Crippen LogP contribution in [0.3, 0.4) is 0 Å². The SMILES string of the molecule is CC(C)CC1=C(c2ccc(F)cc2)/C(=N/O)CC1. The molecule has 0 unspecified atom stereocenters. The van der Waals surface area contributed by atoms with Gasteiger partial charge in [-0.25, -0.2) is 4.39 Å². The molecule has 96 valence electrons. The lowest BCUT2D eigenvalue weighted by Crippen LogP contribution is -1.98. The standard InChI is InChI=1S/C15H18FNO/c1-10(2)9-12-5-8-14(17-18)15(12)11-3-6-13(16)7-4-11/h3-4,6-7,10,18H,5,8-9H2,1-2H3/b17-14+. The molecule has 0 bridgehead atoms. The molecule has 3 heteroatoms. The molecule has 0 atom stereocenters. The van der Waals surface area contributed by atoms with Gasteiger partial charge in [0.15, 0.2) is 0 Å². The van der Waals surface area contributed by atoms with Crippen LogP contribution in [0, 0.1) is 11.7 Å². The molecule has 1 N–H and O–H groups in total. The molecule has 2 rings (SSSR count). The van der Waals surface area contributed by atoms with Gasteiger partial charge in [0.25, 0.3) is 0 Å². The Kier molecular flexibility index (Phi) is 3.80. The third-order valence-corrected chi connectivity index (χ3v) is 3.21. The van der Waals surface area contributed by atoms with Crippen LogP contribution in [0.25, 0.3) is 5.57 Å². The maximum Gasteiger partial charge on any atom is 0.123 e. The lowest BCUT2D eigenvalue weighted by Gasteiger charge is -2.10. The van der Waals surface area contributed by atoms with Crippen LogP contribution in [0.5, 0.6) is 0 Å². The molecular formula is C15H18FNO. The highest BCUT2D eigenvalue weighted by atomic mass is 19.1. The smallest absolute Gasteiger partial charge is 0.123 e. The first kappa shape index (κ1) is 12.8. The molecule has 0 spiro atoms.